The Hall–Kier alpha value is -1.03. The van der Waals surface area contributed by atoms with Crippen LogP contribution in [0.25, 0.3) is 0 Å². The van der Waals surface area contributed by atoms with Crippen molar-refractivity contribution in [2.75, 3.05) is 25.0 Å². The zero-order valence-electron chi connectivity index (χ0n) is 10.5. The zero-order valence-corrected chi connectivity index (χ0v) is 10.5. The molecule has 1 aromatic rings. The Labute approximate surface area is 97.4 Å². The van der Waals surface area contributed by atoms with E-state index < -0.39 is 0 Å². The van der Waals surface area contributed by atoms with Gasteiger partial charge in [0.15, 0.2) is 0 Å². The molecule has 0 bridgehead atoms. The van der Waals surface area contributed by atoms with Gasteiger partial charge in [0.2, 0.25) is 5.95 Å². The van der Waals surface area contributed by atoms with E-state index in [1.807, 2.05) is 6.20 Å². The first-order valence-electron chi connectivity index (χ1n) is 5.97. The Morgan fingerprint density at radius 2 is 2.25 bits per heavy atom. The van der Waals surface area contributed by atoms with Crippen LogP contribution in [0.3, 0.4) is 0 Å². The standard InChI is InChI=1S/C12H22N4/c1-12(2,8-13)9-15(3)11-14-6-7-16(11)10-4-5-10/h6-7,10H,4-5,8-9,13H2,1-3H3. The number of hydrogen-bond acceptors (Lipinski definition) is 3. The van der Waals surface area contributed by atoms with Gasteiger partial charge in [-0.3, -0.25) is 0 Å². The Balaban J connectivity index is 2.08. The lowest BCUT2D eigenvalue weighted by molar-refractivity contribution is 0.381. The molecule has 0 atom stereocenters. The van der Waals surface area contributed by atoms with E-state index >= 15 is 0 Å². The highest BCUT2D eigenvalue weighted by Gasteiger charge is 2.28. The van der Waals surface area contributed by atoms with Crippen molar-refractivity contribution in [1.82, 2.24) is 9.55 Å². The Kier molecular flexibility index (Phi) is 2.93. The molecular formula is C12H22N4. The molecule has 4 heteroatoms. The fourth-order valence-electron chi connectivity index (χ4n) is 2.02. The molecule has 1 saturated carbocycles. The molecule has 0 saturated heterocycles. The summed E-state index contributed by atoms with van der Waals surface area (Å²) in [6.07, 6.45) is 6.55. The van der Waals surface area contributed by atoms with Gasteiger partial charge in [-0.2, -0.15) is 0 Å². The molecular weight excluding hydrogens is 200 g/mol. The van der Waals surface area contributed by atoms with E-state index in [1.54, 1.807) is 0 Å². The van der Waals surface area contributed by atoms with Crippen molar-refractivity contribution < 1.29 is 0 Å². The molecule has 1 aliphatic carbocycles. The molecule has 2 N–H and O–H groups in total. The largest absolute Gasteiger partial charge is 0.345 e. The number of rotatable bonds is 5. The van der Waals surface area contributed by atoms with Crippen LogP contribution in [-0.4, -0.2) is 29.7 Å². The number of nitrogens with two attached hydrogens (primary N) is 1. The van der Waals surface area contributed by atoms with Crippen molar-refractivity contribution in [3.05, 3.63) is 12.4 Å². The molecule has 2 rings (SSSR count). The maximum atomic E-state index is 5.76. The SMILES string of the molecule is CN(CC(C)(C)CN)c1nccn1C1CC1. The van der Waals surface area contributed by atoms with Crippen LogP contribution in [0.4, 0.5) is 5.95 Å². The van der Waals surface area contributed by atoms with Crippen molar-refractivity contribution in [2.24, 2.45) is 11.1 Å². The van der Waals surface area contributed by atoms with Crippen LogP contribution in [0.2, 0.25) is 0 Å². The number of nitrogens with zero attached hydrogens (tertiary/aromatic N) is 3. The Bertz CT molecular complexity index is 352. The van der Waals surface area contributed by atoms with E-state index in [1.165, 1.54) is 12.8 Å². The van der Waals surface area contributed by atoms with Gasteiger partial charge >= 0.3 is 0 Å². The zero-order chi connectivity index (χ0) is 11.8. The van der Waals surface area contributed by atoms with Crippen LogP contribution in [-0.2, 0) is 0 Å². The summed E-state index contributed by atoms with van der Waals surface area (Å²) in [6, 6.07) is 0.681. The van der Waals surface area contributed by atoms with E-state index in [0.717, 1.165) is 12.5 Å². The van der Waals surface area contributed by atoms with E-state index in [2.05, 4.69) is 41.5 Å². The van der Waals surface area contributed by atoms with E-state index in [4.69, 9.17) is 5.73 Å². The molecule has 0 aliphatic heterocycles. The summed E-state index contributed by atoms with van der Waals surface area (Å²) in [6.45, 7) is 6.01. The first-order chi connectivity index (χ1) is 7.53. The summed E-state index contributed by atoms with van der Waals surface area (Å²) in [5.74, 6) is 1.07. The van der Waals surface area contributed by atoms with Gasteiger partial charge in [-0.05, 0) is 24.8 Å². The van der Waals surface area contributed by atoms with Crippen molar-refractivity contribution in [3.63, 3.8) is 0 Å². The Morgan fingerprint density at radius 1 is 1.56 bits per heavy atom. The number of imidazole rings is 1. The topological polar surface area (TPSA) is 47.1 Å². The summed E-state index contributed by atoms with van der Waals surface area (Å²) in [5.41, 5.74) is 5.90. The van der Waals surface area contributed by atoms with Gasteiger partial charge < -0.3 is 15.2 Å². The molecule has 1 fully saturated rings. The third-order valence-electron chi connectivity index (χ3n) is 3.15. The highest BCUT2D eigenvalue weighted by molar-refractivity contribution is 5.31. The van der Waals surface area contributed by atoms with Crippen LogP contribution in [0.5, 0.6) is 0 Å². The summed E-state index contributed by atoms with van der Waals surface area (Å²) in [5, 5.41) is 0. The third-order valence-corrected chi connectivity index (χ3v) is 3.15. The van der Waals surface area contributed by atoms with E-state index in [-0.39, 0.29) is 5.41 Å². The van der Waals surface area contributed by atoms with Crippen molar-refractivity contribution in [3.8, 4) is 0 Å². The average molecular weight is 222 g/mol. The van der Waals surface area contributed by atoms with Gasteiger partial charge in [0.05, 0.1) is 0 Å². The summed E-state index contributed by atoms with van der Waals surface area (Å²) in [7, 11) is 2.10. The maximum Gasteiger partial charge on any atom is 0.205 e. The number of hydrogen-bond donors (Lipinski definition) is 1. The van der Waals surface area contributed by atoms with Crippen LogP contribution in [0.15, 0.2) is 12.4 Å². The molecule has 90 valence electrons. The summed E-state index contributed by atoms with van der Waals surface area (Å²) >= 11 is 0. The fraction of sp³-hybridized carbons (Fsp3) is 0.750. The van der Waals surface area contributed by atoms with Gasteiger partial charge in [-0.1, -0.05) is 13.8 Å². The van der Waals surface area contributed by atoms with Crippen molar-refractivity contribution in [2.45, 2.75) is 32.7 Å². The number of aromatic nitrogens is 2. The predicted molar refractivity (Wildman–Crippen MR) is 66.6 cm³/mol. The van der Waals surface area contributed by atoms with Gasteiger partial charge in [0, 0.05) is 32.0 Å². The van der Waals surface area contributed by atoms with E-state index in [9.17, 15) is 0 Å². The first kappa shape index (κ1) is 11.5. The van der Waals surface area contributed by atoms with Gasteiger partial charge in [-0.25, -0.2) is 4.98 Å². The highest BCUT2D eigenvalue weighted by atomic mass is 15.3. The molecule has 0 aromatic carbocycles. The summed E-state index contributed by atoms with van der Waals surface area (Å²) in [4.78, 5) is 6.66. The van der Waals surface area contributed by atoms with Crippen LogP contribution < -0.4 is 10.6 Å². The summed E-state index contributed by atoms with van der Waals surface area (Å²) < 4.78 is 2.28. The van der Waals surface area contributed by atoms with Crippen molar-refractivity contribution in [1.29, 1.82) is 0 Å². The van der Waals surface area contributed by atoms with Gasteiger partial charge in [-0.15, -0.1) is 0 Å². The second-order valence-electron chi connectivity index (χ2n) is 5.59. The molecule has 1 heterocycles. The van der Waals surface area contributed by atoms with Gasteiger partial charge in [0.1, 0.15) is 0 Å². The minimum atomic E-state index is 0.134. The molecule has 0 radical (unpaired) electrons. The van der Waals surface area contributed by atoms with Crippen molar-refractivity contribution >= 4 is 5.95 Å². The smallest absolute Gasteiger partial charge is 0.205 e. The lowest BCUT2D eigenvalue weighted by atomic mass is 9.93. The fourth-order valence-corrected chi connectivity index (χ4v) is 2.02. The van der Waals surface area contributed by atoms with Gasteiger partial charge in [0.25, 0.3) is 0 Å². The maximum absolute atomic E-state index is 5.76. The molecule has 4 nitrogen and oxygen atoms in total. The average Bonchev–Trinajstić information content (AvgIpc) is 2.95. The highest BCUT2D eigenvalue weighted by Crippen LogP contribution is 2.37. The minimum Gasteiger partial charge on any atom is -0.345 e. The lowest BCUT2D eigenvalue weighted by Crippen LogP contribution is -2.37. The normalized spacial score (nSPS) is 16.5. The molecule has 0 spiro atoms. The first-order valence-corrected chi connectivity index (χ1v) is 5.97. The predicted octanol–water partition coefficient (Wildman–Crippen LogP) is 1.64. The molecule has 16 heavy (non-hydrogen) atoms. The molecule has 0 amide bonds. The van der Waals surface area contributed by atoms with Crippen LogP contribution in [0, 0.1) is 5.41 Å². The molecule has 1 aromatic heterocycles. The van der Waals surface area contributed by atoms with Crippen LogP contribution >= 0.6 is 0 Å². The molecule has 1 aliphatic rings. The molecule has 0 unspecified atom stereocenters. The van der Waals surface area contributed by atoms with Crippen LogP contribution in [0.1, 0.15) is 32.7 Å². The number of anilines is 1. The minimum absolute atomic E-state index is 0.134. The van der Waals surface area contributed by atoms with E-state index in [0.29, 0.717) is 12.6 Å². The Morgan fingerprint density at radius 3 is 2.81 bits per heavy atom. The monoisotopic (exact) mass is 222 g/mol. The lowest BCUT2D eigenvalue weighted by Gasteiger charge is -2.30. The second-order valence-corrected chi connectivity index (χ2v) is 5.59. The third kappa shape index (κ3) is 2.38. The quantitative estimate of drug-likeness (QED) is 0.824. The second kappa shape index (κ2) is 4.09.